The number of carbonyl (C=O) groups is 1. The lowest BCUT2D eigenvalue weighted by atomic mass is 9.94. The first-order chi connectivity index (χ1) is 17.9. The number of ether oxygens (including phenoxy) is 1. The summed E-state index contributed by atoms with van der Waals surface area (Å²) in [5.74, 6) is -0.566. The van der Waals surface area contributed by atoms with Crippen LogP contribution in [0.4, 0.5) is 24.7 Å². The van der Waals surface area contributed by atoms with Crippen molar-refractivity contribution in [2.24, 2.45) is 5.10 Å². The van der Waals surface area contributed by atoms with Crippen LogP contribution < -0.4 is 5.32 Å². The molecule has 1 saturated heterocycles. The highest BCUT2D eigenvalue weighted by Crippen LogP contribution is 2.37. The smallest absolute Gasteiger partial charge is 0.264 e. The minimum Gasteiger partial charge on any atom is -0.381 e. The van der Waals surface area contributed by atoms with Gasteiger partial charge in [0.1, 0.15) is 5.82 Å². The highest BCUT2D eigenvalue weighted by Gasteiger charge is 2.31. The molecular formula is C26H33F3N6O2. The average molecular weight is 519 g/mol. The van der Waals surface area contributed by atoms with E-state index in [4.69, 9.17) is 9.84 Å². The van der Waals surface area contributed by atoms with Gasteiger partial charge in [0.25, 0.3) is 6.43 Å². The number of hydrazone groups is 1. The van der Waals surface area contributed by atoms with Crippen molar-refractivity contribution in [1.29, 1.82) is 0 Å². The van der Waals surface area contributed by atoms with E-state index in [1.165, 1.54) is 12.1 Å². The summed E-state index contributed by atoms with van der Waals surface area (Å²) in [7, 11) is 1.75. The van der Waals surface area contributed by atoms with E-state index < -0.39 is 18.2 Å². The summed E-state index contributed by atoms with van der Waals surface area (Å²) in [5, 5.41) is 13.6. The van der Waals surface area contributed by atoms with Gasteiger partial charge in [-0.05, 0) is 37.0 Å². The molecular weight excluding hydrogens is 485 g/mol. The van der Waals surface area contributed by atoms with E-state index in [0.717, 1.165) is 30.5 Å². The van der Waals surface area contributed by atoms with Crippen molar-refractivity contribution < 1.29 is 22.7 Å². The Morgan fingerprint density at radius 3 is 2.73 bits per heavy atom. The molecule has 0 spiro atoms. The van der Waals surface area contributed by atoms with E-state index in [1.54, 1.807) is 23.2 Å². The molecule has 4 heterocycles. The van der Waals surface area contributed by atoms with E-state index >= 15 is 4.39 Å². The quantitative estimate of drug-likeness (QED) is 0.573. The molecule has 1 aromatic carbocycles. The summed E-state index contributed by atoms with van der Waals surface area (Å²) in [4.78, 5) is 14.4. The van der Waals surface area contributed by atoms with Gasteiger partial charge >= 0.3 is 0 Å². The molecule has 1 unspecified atom stereocenters. The minimum absolute atomic E-state index is 0.0567. The predicted molar refractivity (Wildman–Crippen MR) is 134 cm³/mol. The van der Waals surface area contributed by atoms with Crippen molar-refractivity contribution >= 4 is 23.6 Å². The highest BCUT2D eigenvalue weighted by atomic mass is 19.3. The first-order valence-electron chi connectivity index (χ1n) is 12.9. The Kier molecular flexibility index (Phi) is 7.41. The number of nitrogens with zero attached hydrogens (tertiary/aromatic N) is 5. The van der Waals surface area contributed by atoms with Gasteiger partial charge in [-0.25, -0.2) is 13.2 Å². The van der Waals surface area contributed by atoms with Crippen molar-refractivity contribution in [1.82, 2.24) is 19.7 Å². The summed E-state index contributed by atoms with van der Waals surface area (Å²) in [6.07, 6.45) is 2.26. The summed E-state index contributed by atoms with van der Waals surface area (Å²) in [5.41, 5.74) is 1.77. The first-order valence-corrected chi connectivity index (χ1v) is 12.9. The molecule has 3 aliphatic rings. The van der Waals surface area contributed by atoms with Crippen molar-refractivity contribution in [2.45, 2.75) is 64.0 Å². The van der Waals surface area contributed by atoms with Gasteiger partial charge in [-0.1, -0.05) is 6.92 Å². The summed E-state index contributed by atoms with van der Waals surface area (Å²) in [6.45, 7) is 4.60. The van der Waals surface area contributed by atoms with E-state index in [9.17, 15) is 13.6 Å². The zero-order chi connectivity index (χ0) is 26.1. The summed E-state index contributed by atoms with van der Waals surface area (Å²) < 4.78 is 51.0. The van der Waals surface area contributed by atoms with E-state index in [1.807, 2.05) is 11.6 Å². The number of rotatable bonds is 7. The molecule has 1 aromatic heterocycles. The lowest BCUT2D eigenvalue weighted by Gasteiger charge is -2.30. The molecule has 0 saturated carbocycles. The minimum atomic E-state index is -2.77. The topological polar surface area (TPSA) is 75.0 Å². The van der Waals surface area contributed by atoms with Gasteiger partial charge in [0.05, 0.1) is 18.3 Å². The Hall–Kier alpha value is -3.08. The second-order valence-corrected chi connectivity index (χ2v) is 9.98. The fourth-order valence-corrected chi connectivity index (χ4v) is 5.45. The molecule has 200 valence electrons. The molecule has 0 aliphatic carbocycles. The Balaban J connectivity index is 1.50. The number of hydrogen-bond acceptors (Lipinski definition) is 6. The number of amides is 1. The Bertz CT molecular complexity index is 1180. The third kappa shape index (κ3) is 5.18. The van der Waals surface area contributed by atoms with Crippen LogP contribution in [-0.2, 0) is 22.5 Å². The third-order valence-corrected chi connectivity index (χ3v) is 7.40. The van der Waals surface area contributed by atoms with Gasteiger partial charge in [-0.15, -0.1) is 0 Å². The normalized spacial score (nSPS) is 20.1. The lowest BCUT2D eigenvalue weighted by Crippen LogP contribution is -2.36. The number of halogens is 3. The number of carbonyl (C=O) groups excluding carboxylic acids is 1. The zero-order valence-corrected chi connectivity index (χ0v) is 21.2. The van der Waals surface area contributed by atoms with E-state index in [2.05, 4.69) is 10.4 Å². The van der Waals surface area contributed by atoms with Crippen molar-refractivity contribution in [3.05, 3.63) is 40.3 Å². The fraction of sp³-hybridized carbons (Fsp3) is 0.577. The molecule has 1 atom stereocenters. The third-order valence-electron chi connectivity index (χ3n) is 7.40. The highest BCUT2D eigenvalue weighted by molar-refractivity contribution is 5.77. The number of anilines is 2. The van der Waals surface area contributed by atoms with Gasteiger partial charge in [0.15, 0.2) is 5.82 Å². The number of alkyl halides is 2. The van der Waals surface area contributed by atoms with Crippen molar-refractivity contribution in [3.63, 3.8) is 0 Å². The number of hydrogen-bond donors (Lipinski definition) is 1. The van der Waals surface area contributed by atoms with Crippen molar-refractivity contribution in [3.8, 4) is 0 Å². The van der Waals surface area contributed by atoms with Crippen LogP contribution in [0.3, 0.4) is 0 Å². The van der Waals surface area contributed by atoms with Crippen LogP contribution in [-0.4, -0.2) is 65.2 Å². The molecule has 0 radical (unpaired) electrons. The molecule has 11 heteroatoms. The summed E-state index contributed by atoms with van der Waals surface area (Å²) >= 11 is 0. The number of likely N-dealkylation sites (N-methyl/N-ethyl adjacent to an activating group) is 1. The SMILES string of the molecule is CCCC(=O)N1CCc2c(c(Nc3cc(C(F)F)c(C4C=NN(C)C4)cc3F)nn2C2CCOCC2)C1. The van der Waals surface area contributed by atoms with Crippen LogP contribution >= 0.6 is 0 Å². The van der Waals surface area contributed by atoms with Crippen LogP contribution in [0, 0.1) is 5.82 Å². The maximum atomic E-state index is 15.3. The molecule has 1 fully saturated rings. The van der Waals surface area contributed by atoms with Crippen LogP contribution in [0.25, 0.3) is 0 Å². The maximum Gasteiger partial charge on any atom is 0.264 e. The molecule has 8 nitrogen and oxygen atoms in total. The Morgan fingerprint density at radius 2 is 2.05 bits per heavy atom. The van der Waals surface area contributed by atoms with E-state index in [-0.39, 0.29) is 28.8 Å². The number of nitrogens with one attached hydrogen (secondary N) is 1. The van der Waals surface area contributed by atoms with Gasteiger partial charge < -0.3 is 15.0 Å². The molecule has 2 aromatic rings. The Labute approximate surface area is 214 Å². The maximum absolute atomic E-state index is 15.3. The van der Waals surface area contributed by atoms with Gasteiger partial charge in [-0.2, -0.15) is 10.2 Å². The average Bonchev–Trinajstić information content (AvgIpc) is 3.49. The second kappa shape index (κ2) is 10.7. The van der Waals surface area contributed by atoms with Crippen LogP contribution in [0.1, 0.15) is 73.4 Å². The van der Waals surface area contributed by atoms with Crippen LogP contribution in [0.15, 0.2) is 17.2 Å². The van der Waals surface area contributed by atoms with E-state index in [0.29, 0.717) is 51.5 Å². The number of benzene rings is 1. The monoisotopic (exact) mass is 518 g/mol. The molecule has 0 bridgehead atoms. The number of fused-ring (bicyclic) bond motifs is 1. The first kappa shape index (κ1) is 25.6. The number of aromatic nitrogens is 2. The Morgan fingerprint density at radius 1 is 1.27 bits per heavy atom. The van der Waals surface area contributed by atoms with Crippen LogP contribution in [0.2, 0.25) is 0 Å². The lowest BCUT2D eigenvalue weighted by molar-refractivity contribution is -0.132. The second-order valence-electron chi connectivity index (χ2n) is 9.98. The van der Waals surface area contributed by atoms with Gasteiger partial charge in [0.2, 0.25) is 5.91 Å². The molecule has 1 amide bonds. The molecule has 1 N–H and O–H groups in total. The largest absolute Gasteiger partial charge is 0.381 e. The van der Waals surface area contributed by atoms with Gasteiger partial charge in [0, 0.05) is 75.1 Å². The molecule has 3 aliphatic heterocycles. The zero-order valence-electron chi connectivity index (χ0n) is 21.2. The standard InChI is InChI=1S/C26H33F3N6O2/c1-3-4-24(36)34-8-5-23-20(15-34)26(32-35(23)17-6-9-37-10-7-17)31-22-12-19(25(28)29)18(11-21(22)27)16-13-30-33(2)14-16/h11-13,16-17,25H,3-10,14-15H2,1-2H3,(H,31,32). The molecule has 37 heavy (non-hydrogen) atoms. The van der Waals surface area contributed by atoms with Gasteiger partial charge in [-0.3, -0.25) is 14.5 Å². The fourth-order valence-electron chi connectivity index (χ4n) is 5.45. The predicted octanol–water partition coefficient (Wildman–Crippen LogP) is 4.75. The molecule has 5 rings (SSSR count). The summed E-state index contributed by atoms with van der Waals surface area (Å²) in [6, 6.07) is 2.50. The van der Waals surface area contributed by atoms with Crippen LogP contribution in [0.5, 0.6) is 0 Å². The van der Waals surface area contributed by atoms with Crippen molar-refractivity contribution in [2.75, 3.05) is 38.7 Å².